The van der Waals surface area contributed by atoms with Crippen molar-refractivity contribution in [2.75, 3.05) is 7.11 Å². The Balaban J connectivity index is 1.81. The maximum atomic E-state index is 14.0. The Morgan fingerprint density at radius 3 is 2.65 bits per heavy atom. The highest BCUT2D eigenvalue weighted by atomic mass is 32.2. The van der Waals surface area contributed by atoms with E-state index in [1.54, 1.807) is 11.5 Å². The number of methoxy groups -OCH3 is 1. The van der Waals surface area contributed by atoms with Crippen molar-refractivity contribution in [1.29, 1.82) is 0 Å². The first-order valence-corrected chi connectivity index (χ1v) is 12.9. The molecule has 4 heterocycles. The van der Waals surface area contributed by atoms with Gasteiger partial charge in [-0.25, -0.2) is 8.97 Å². The predicted molar refractivity (Wildman–Crippen MR) is 133 cm³/mol. The summed E-state index contributed by atoms with van der Waals surface area (Å²) in [4.78, 5) is 27.9. The molecule has 1 aromatic carbocycles. The van der Waals surface area contributed by atoms with Gasteiger partial charge >= 0.3 is 5.97 Å². The molecule has 0 aliphatic carbocycles. The van der Waals surface area contributed by atoms with E-state index in [9.17, 15) is 9.59 Å². The molecule has 0 saturated heterocycles. The molecule has 34 heavy (non-hydrogen) atoms. The van der Waals surface area contributed by atoms with Crippen molar-refractivity contribution in [1.82, 2.24) is 19.2 Å². The Hall–Kier alpha value is -2.69. The first-order valence-electron chi connectivity index (χ1n) is 11.2. The summed E-state index contributed by atoms with van der Waals surface area (Å²) in [5.74, 6) is 0.414. The standard InChI is InChI=1S/C24H26N4O4S2/c1-12(2)17-10-16-18(11-32-17)34-21-19(16)20(29)27(15-8-6-13(3)7-9-15)23-25-26-24(28(21)23)33-14(4)22(30)31-5/h6-9,12,14,17H,10-11H2,1-5H3/t14-,17-/m1/s1. The molecule has 10 heteroatoms. The number of aromatic nitrogens is 4. The molecule has 3 aromatic heterocycles. The second kappa shape index (κ2) is 8.83. The number of nitrogens with zero attached hydrogens (tertiary/aromatic N) is 4. The Kier molecular flexibility index (Phi) is 5.99. The van der Waals surface area contributed by atoms with Crippen LogP contribution in [0, 0.1) is 12.8 Å². The number of hydrogen-bond donors (Lipinski definition) is 0. The lowest BCUT2D eigenvalue weighted by Gasteiger charge is -2.26. The first-order chi connectivity index (χ1) is 16.3. The van der Waals surface area contributed by atoms with Crippen LogP contribution in [-0.2, 0) is 27.3 Å². The number of carbonyl (C=O) groups excluding carboxylic acids is 1. The number of rotatable bonds is 5. The summed E-state index contributed by atoms with van der Waals surface area (Å²) in [7, 11) is 1.37. The fraction of sp³-hybridized carbons (Fsp3) is 0.417. The lowest BCUT2D eigenvalue weighted by Crippen LogP contribution is -2.28. The number of aryl methyl sites for hydroxylation is 1. The van der Waals surface area contributed by atoms with Gasteiger partial charge in [-0.15, -0.1) is 21.5 Å². The van der Waals surface area contributed by atoms with Crippen molar-refractivity contribution in [2.45, 2.75) is 57.2 Å². The summed E-state index contributed by atoms with van der Waals surface area (Å²) in [5.41, 5.74) is 2.75. The fourth-order valence-corrected chi connectivity index (χ4v) is 6.42. The number of esters is 1. The molecule has 0 bridgehead atoms. The molecule has 5 rings (SSSR count). The summed E-state index contributed by atoms with van der Waals surface area (Å²) in [6.07, 6.45) is 0.743. The van der Waals surface area contributed by atoms with Crippen LogP contribution in [0.4, 0.5) is 0 Å². The van der Waals surface area contributed by atoms with E-state index < -0.39 is 5.25 Å². The zero-order valence-electron chi connectivity index (χ0n) is 19.7. The van der Waals surface area contributed by atoms with Crippen molar-refractivity contribution in [3.05, 3.63) is 50.6 Å². The minimum absolute atomic E-state index is 0.0577. The molecule has 178 valence electrons. The van der Waals surface area contributed by atoms with Crippen molar-refractivity contribution in [2.24, 2.45) is 5.92 Å². The van der Waals surface area contributed by atoms with Crippen LogP contribution in [0.2, 0.25) is 0 Å². The van der Waals surface area contributed by atoms with Crippen molar-refractivity contribution < 1.29 is 14.3 Å². The lowest BCUT2D eigenvalue weighted by atomic mass is 9.96. The minimum atomic E-state index is -0.476. The molecule has 0 radical (unpaired) electrons. The van der Waals surface area contributed by atoms with Crippen LogP contribution >= 0.6 is 23.1 Å². The van der Waals surface area contributed by atoms with Crippen LogP contribution in [0.1, 0.15) is 36.8 Å². The smallest absolute Gasteiger partial charge is 0.318 e. The van der Waals surface area contributed by atoms with Gasteiger partial charge < -0.3 is 9.47 Å². The molecule has 2 atom stereocenters. The normalized spacial score (nSPS) is 16.8. The molecular formula is C24H26N4O4S2. The van der Waals surface area contributed by atoms with E-state index in [-0.39, 0.29) is 17.6 Å². The second-order valence-electron chi connectivity index (χ2n) is 8.86. The Morgan fingerprint density at radius 2 is 1.97 bits per heavy atom. The van der Waals surface area contributed by atoms with Gasteiger partial charge in [0.05, 0.1) is 30.9 Å². The van der Waals surface area contributed by atoms with Crippen LogP contribution in [-0.4, -0.2) is 43.6 Å². The van der Waals surface area contributed by atoms with E-state index in [1.807, 2.05) is 35.6 Å². The van der Waals surface area contributed by atoms with E-state index in [0.717, 1.165) is 26.5 Å². The summed E-state index contributed by atoms with van der Waals surface area (Å²) in [5, 5.41) is 9.51. The number of ether oxygens (including phenoxy) is 2. The third-order valence-electron chi connectivity index (χ3n) is 6.19. The van der Waals surface area contributed by atoms with Gasteiger partial charge in [-0.3, -0.25) is 9.59 Å². The average Bonchev–Trinajstić information content (AvgIpc) is 3.40. The minimum Gasteiger partial charge on any atom is -0.468 e. The van der Waals surface area contributed by atoms with Gasteiger partial charge in [0.1, 0.15) is 10.1 Å². The van der Waals surface area contributed by atoms with Crippen LogP contribution in [0.3, 0.4) is 0 Å². The summed E-state index contributed by atoms with van der Waals surface area (Å²) in [6, 6.07) is 7.78. The summed E-state index contributed by atoms with van der Waals surface area (Å²) >= 11 is 2.80. The van der Waals surface area contributed by atoms with E-state index >= 15 is 0 Å². The van der Waals surface area contributed by atoms with Crippen LogP contribution in [0.25, 0.3) is 21.7 Å². The average molecular weight is 499 g/mol. The number of benzene rings is 1. The summed E-state index contributed by atoms with van der Waals surface area (Å²) in [6.45, 7) is 8.52. The number of carbonyl (C=O) groups is 1. The Labute approximate surface area is 204 Å². The molecule has 0 fully saturated rings. The maximum Gasteiger partial charge on any atom is 0.318 e. The van der Waals surface area contributed by atoms with Crippen LogP contribution in [0.15, 0.2) is 34.2 Å². The highest BCUT2D eigenvalue weighted by Crippen LogP contribution is 2.38. The van der Waals surface area contributed by atoms with E-state index in [4.69, 9.17) is 9.47 Å². The first kappa shape index (κ1) is 23.1. The molecule has 1 aliphatic heterocycles. The molecule has 0 saturated carbocycles. The number of thiophene rings is 1. The molecule has 0 unspecified atom stereocenters. The number of hydrogen-bond acceptors (Lipinski definition) is 8. The molecular weight excluding hydrogens is 472 g/mol. The highest BCUT2D eigenvalue weighted by Gasteiger charge is 2.30. The van der Waals surface area contributed by atoms with Crippen LogP contribution in [0.5, 0.6) is 0 Å². The molecule has 0 amide bonds. The summed E-state index contributed by atoms with van der Waals surface area (Å²) < 4.78 is 14.5. The lowest BCUT2D eigenvalue weighted by molar-refractivity contribution is -0.139. The SMILES string of the molecule is COC(=O)[C@@H](C)Sc1nnc2n(-c3ccc(C)cc3)c(=O)c3c4c(sc3n12)CO[C@@H](C(C)C)C4. The van der Waals surface area contributed by atoms with E-state index in [0.29, 0.717) is 35.3 Å². The fourth-order valence-electron chi connectivity index (χ4n) is 4.24. The Morgan fingerprint density at radius 1 is 1.24 bits per heavy atom. The van der Waals surface area contributed by atoms with Gasteiger partial charge in [0.15, 0.2) is 5.16 Å². The van der Waals surface area contributed by atoms with E-state index in [1.165, 1.54) is 30.2 Å². The van der Waals surface area contributed by atoms with Gasteiger partial charge in [-0.2, -0.15) is 0 Å². The van der Waals surface area contributed by atoms with E-state index in [2.05, 4.69) is 24.0 Å². The molecule has 0 spiro atoms. The molecule has 0 N–H and O–H groups in total. The molecule has 8 nitrogen and oxygen atoms in total. The quantitative estimate of drug-likeness (QED) is 0.302. The van der Waals surface area contributed by atoms with Gasteiger partial charge in [-0.1, -0.05) is 43.3 Å². The third kappa shape index (κ3) is 3.73. The topological polar surface area (TPSA) is 87.7 Å². The predicted octanol–water partition coefficient (Wildman–Crippen LogP) is 4.15. The van der Waals surface area contributed by atoms with Gasteiger partial charge in [0.2, 0.25) is 5.78 Å². The Bertz CT molecular complexity index is 1450. The van der Waals surface area contributed by atoms with Gasteiger partial charge in [-0.05, 0) is 37.5 Å². The maximum absolute atomic E-state index is 14.0. The molecule has 4 aromatic rings. The number of fused-ring (bicyclic) bond motifs is 5. The van der Waals surface area contributed by atoms with Gasteiger partial charge in [0, 0.05) is 11.3 Å². The highest BCUT2D eigenvalue weighted by molar-refractivity contribution is 8.00. The zero-order valence-corrected chi connectivity index (χ0v) is 21.3. The molecule has 1 aliphatic rings. The van der Waals surface area contributed by atoms with Crippen LogP contribution < -0.4 is 5.56 Å². The van der Waals surface area contributed by atoms with Crippen molar-refractivity contribution >= 4 is 45.1 Å². The monoisotopic (exact) mass is 498 g/mol. The van der Waals surface area contributed by atoms with Crippen molar-refractivity contribution in [3.63, 3.8) is 0 Å². The zero-order chi connectivity index (χ0) is 24.1. The third-order valence-corrected chi connectivity index (χ3v) is 8.41. The van der Waals surface area contributed by atoms with Gasteiger partial charge in [0.25, 0.3) is 5.56 Å². The number of thioether (sulfide) groups is 1. The second-order valence-corrected chi connectivity index (χ2v) is 11.3. The largest absolute Gasteiger partial charge is 0.468 e. The van der Waals surface area contributed by atoms with Crippen molar-refractivity contribution in [3.8, 4) is 5.69 Å².